The highest BCUT2D eigenvalue weighted by Crippen LogP contribution is 2.42. The summed E-state index contributed by atoms with van der Waals surface area (Å²) < 4.78 is 13.1. The molecule has 1 atom stereocenters. The van der Waals surface area contributed by atoms with E-state index in [0.29, 0.717) is 4.83 Å². The molecule has 82 valence electrons. The van der Waals surface area contributed by atoms with Crippen LogP contribution in [0.25, 0.3) is 0 Å². The van der Waals surface area contributed by atoms with E-state index in [1.54, 1.807) is 12.1 Å². The second-order valence-electron chi connectivity index (χ2n) is 4.60. The molecule has 1 aromatic rings. The Bertz CT molecular complexity index is 346. The Kier molecular flexibility index (Phi) is 3.15. The summed E-state index contributed by atoms with van der Waals surface area (Å²) in [5.41, 5.74) is 3.41. The van der Waals surface area contributed by atoms with Gasteiger partial charge < -0.3 is 0 Å². The van der Waals surface area contributed by atoms with Gasteiger partial charge in [-0.15, -0.1) is 0 Å². The Morgan fingerprint density at radius 1 is 1.33 bits per heavy atom. The van der Waals surface area contributed by atoms with Crippen molar-refractivity contribution in [3.8, 4) is 0 Å². The van der Waals surface area contributed by atoms with Crippen molar-refractivity contribution in [3.63, 3.8) is 0 Å². The number of rotatable bonds is 3. The summed E-state index contributed by atoms with van der Waals surface area (Å²) in [5.74, 6) is 0.762. The third-order valence-corrected chi connectivity index (χ3v) is 3.94. The maximum atomic E-state index is 13.1. The van der Waals surface area contributed by atoms with Crippen molar-refractivity contribution in [2.75, 3.05) is 0 Å². The molecule has 2 rings (SSSR count). The molecule has 0 nitrogen and oxygen atoms in total. The molecule has 0 aromatic heterocycles. The van der Waals surface area contributed by atoms with E-state index in [9.17, 15) is 4.39 Å². The van der Waals surface area contributed by atoms with Gasteiger partial charge in [-0.3, -0.25) is 0 Å². The Labute approximate surface area is 99.0 Å². The van der Waals surface area contributed by atoms with E-state index in [-0.39, 0.29) is 5.82 Å². The number of aryl methyl sites for hydroxylation is 2. The topological polar surface area (TPSA) is 0 Å². The molecule has 1 aliphatic carbocycles. The predicted octanol–water partition coefficient (Wildman–Crippen LogP) is 4.68. The van der Waals surface area contributed by atoms with Crippen molar-refractivity contribution in [2.24, 2.45) is 5.92 Å². The SMILES string of the molecule is Cc1cc(F)cc(C)c1C(Br)CC1CC1. The van der Waals surface area contributed by atoms with Crippen LogP contribution in [0.4, 0.5) is 4.39 Å². The fourth-order valence-corrected chi connectivity index (χ4v) is 3.43. The van der Waals surface area contributed by atoms with Crippen LogP contribution in [-0.4, -0.2) is 0 Å². The standard InChI is InChI=1S/C13H16BrF/c1-8-5-11(15)6-9(2)13(8)12(14)7-10-3-4-10/h5-6,10,12H,3-4,7H2,1-2H3. The predicted molar refractivity (Wildman–Crippen MR) is 64.9 cm³/mol. The van der Waals surface area contributed by atoms with Gasteiger partial charge in [-0.2, -0.15) is 0 Å². The lowest BCUT2D eigenvalue weighted by atomic mass is 9.97. The molecule has 1 saturated carbocycles. The molecule has 1 aliphatic rings. The van der Waals surface area contributed by atoms with Gasteiger partial charge in [0.15, 0.2) is 0 Å². The second-order valence-corrected chi connectivity index (χ2v) is 5.71. The molecule has 0 bridgehead atoms. The highest BCUT2D eigenvalue weighted by molar-refractivity contribution is 9.09. The maximum Gasteiger partial charge on any atom is 0.123 e. The summed E-state index contributed by atoms with van der Waals surface area (Å²) in [7, 11) is 0. The molecule has 1 unspecified atom stereocenters. The first-order valence-corrected chi connectivity index (χ1v) is 6.40. The molecule has 0 saturated heterocycles. The van der Waals surface area contributed by atoms with Gasteiger partial charge in [-0.05, 0) is 55.0 Å². The lowest BCUT2D eigenvalue weighted by molar-refractivity contribution is 0.622. The van der Waals surface area contributed by atoms with Crippen molar-refractivity contribution in [3.05, 3.63) is 34.6 Å². The maximum absolute atomic E-state index is 13.1. The fourth-order valence-electron chi connectivity index (χ4n) is 2.18. The molecule has 0 aliphatic heterocycles. The lowest BCUT2D eigenvalue weighted by Gasteiger charge is -2.16. The van der Waals surface area contributed by atoms with E-state index >= 15 is 0 Å². The first-order chi connectivity index (χ1) is 7.08. The lowest BCUT2D eigenvalue weighted by Crippen LogP contribution is -1.99. The Hall–Kier alpha value is -0.370. The zero-order chi connectivity index (χ0) is 11.0. The van der Waals surface area contributed by atoms with Crippen molar-refractivity contribution in [1.29, 1.82) is 0 Å². The van der Waals surface area contributed by atoms with Crippen LogP contribution in [-0.2, 0) is 0 Å². The van der Waals surface area contributed by atoms with E-state index in [4.69, 9.17) is 0 Å². The fraction of sp³-hybridized carbons (Fsp3) is 0.538. The van der Waals surface area contributed by atoms with E-state index < -0.39 is 0 Å². The van der Waals surface area contributed by atoms with Gasteiger partial charge in [-0.25, -0.2) is 4.39 Å². The normalized spacial score (nSPS) is 17.9. The molecular formula is C13H16BrF. The summed E-state index contributed by atoms with van der Waals surface area (Å²) in [5, 5.41) is 0. The van der Waals surface area contributed by atoms with Crippen molar-refractivity contribution in [2.45, 2.75) is 37.9 Å². The van der Waals surface area contributed by atoms with Gasteiger partial charge in [0.05, 0.1) is 0 Å². The molecule has 2 heteroatoms. The van der Waals surface area contributed by atoms with Crippen LogP contribution in [0.5, 0.6) is 0 Å². The van der Waals surface area contributed by atoms with E-state index in [1.165, 1.54) is 24.8 Å². The van der Waals surface area contributed by atoms with Crippen molar-refractivity contribution in [1.82, 2.24) is 0 Å². The van der Waals surface area contributed by atoms with Crippen molar-refractivity contribution < 1.29 is 4.39 Å². The zero-order valence-corrected chi connectivity index (χ0v) is 10.8. The molecular weight excluding hydrogens is 255 g/mol. The van der Waals surface area contributed by atoms with Crippen LogP contribution in [0.15, 0.2) is 12.1 Å². The summed E-state index contributed by atoms with van der Waals surface area (Å²) in [6.45, 7) is 3.99. The molecule has 0 N–H and O–H groups in total. The Morgan fingerprint density at radius 2 is 1.87 bits per heavy atom. The van der Waals surface area contributed by atoms with Gasteiger partial charge in [0.25, 0.3) is 0 Å². The molecule has 0 spiro atoms. The highest BCUT2D eigenvalue weighted by Gasteiger charge is 2.26. The smallest absolute Gasteiger partial charge is 0.123 e. The number of benzene rings is 1. The summed E-state index contributed by atoms with van der Waals surface area (Å²) in [6.07, 6.45) is 3.91. The Morgan fingerprint density at radius 3 is 2.33 bits per heavy atom. The van der Waals surface area contributed by atoms with E-state index in [0.717, 1.165) is 17.0 Å². The van der Waals surface area contributed by atoms with Gasteiger partial charge in [0.1, 0.15) is 5.82 Å². The van der Waals surface area contributed by atoms with Crippen LogP contribution >= 0.6 is 15.9 Å². The summed E-state index contributed by atoms with van der Waals surface area (Å²) in [4.78, 5) is 0.394. The van der Waals surface area contributed by atoms with Crippen molar-refractivity contribution >= 4 is 15.9 Å². The zero-order valence-electron chi connectivity index (χ0n) is 9.19. The summed E-state index contributed by atoms with van der Waals surface area (Å²) >= 11 is 3.73. The first kappa shape index (κ1) is 11.1. The summed E-state index contributed by atoms with van der Waals surface area (Å²) in [6, 6.07) is 3.26. The van der Waals surface area contributed by atoms with Gasteiger partial charge in [-0.1, -0.05) is 28.8 Å². The number of hydrogen-bond acceptors (Lipinski definition) is 0. The minimum atomic E-state index is -0.125. The Balaban J connectivity index is 2.24. The molecule has 0 heterocycles. The monoisotopic (exact) mass is 270 g/mol. The minimum Gasteiger partial charge on any atom is -0.207 e. The average molecular weight is 271 g/mol. The molecule has 0 amide bonds. The number of hydrogen-bond donors (Lipinski definition) is 0. The van der Waals surface area contributed by atoms with E-state index in [1.807, 2.05) is 13.8 Å². The van der Waals surface area contributed by atoms with Crippen LogP contribution in [0, 0.1) is 25.6 Å². The third kappa shape index (κ3) is 2.60. The van der Waals surface area contributed by atoms with E-state index in [2.05, 4.69) is 15.9 Å². The first-order valence-electron chi connectivity index (χ1n) is 5.48. The van der Waals surface area contributed by atoms with Gasteiger partial charge in [0.2, 0.25) is 0 Å². The quantitative estimate of drug-likeness (QED) is 0.700. The van der Waals surface area contributed by atoms with Crippen LogP contribution < -0.4 is 0 Å². The van der Waals surface area contributed by atoms with Crippen LogP contribution in [0.1, 0.15) is 40.8 Å². The number of alkyl halides is 1. The average Bonchev–Trinajstić information content (AvgIpc) is 2.85. The molecule has 1 fully saturated rings. The van der Waals surface area contributed by atoms with Crippen LogP contribution in [0.2, 0.25) is 0 Å². The largest absolute Gasteiger partial charge is 0.207 e. The van der Waals surface area contributed by atoms with Crippen LogP contribution in [0.3, 0.4) is 0 Å². The number of halogens is 2. The second kappa shape index (κ2) is 4.25. The highest BCUT2D eigenvalue weighted by atomic mass is 79.9. The molecule has 1 aromatic carbocycles. The van der Waals surface area contributed by atoms with Gasteiger partial charge in [0, 0.05) is 4.83 Å². The molecule has 0 radical (unpaired) electrons. The third-order valence-electron chi connectivity index (χ3n) is 3.11. The minimum absolute atomic E-state index is 0.125. The van der Waals surface area contributed by atoms with Gasteiger partial charge >= 0.3 is 0 Å². The molecule has 15 heavy (non-hydrogen) atoms.